The summed E-state index contributed by atoms with van der Waals surface area (Å²) in [5.41, 5.74) is 1.13. The first-order chi connectivity index (χ1) is 7.00. The van der Waals surface area contributed by atoms with E-state index in [1.165, 1.54) is 12.1 Å². The van der Waals surface area contributed by atoms with E-state index in [0.29, 0.717) is 0 Å². The highest BCUT2D eigenvalue weighted by molar-refractivity contribution is 5.67. The van der Waals surface area contributed by atoms with Gasteiger partial charge in [-0.15, -0.1) is 0 Å². The standard InChI is InChI=1S/C8H7N3O4/c1-6-2-4-7(5-3-6)9-8(10(12)13)11(14)15/h2-5H,1H3. The molecule has 78 valence electrons. The Bertz CT molecular complexity index is 408. The van der Waals surface area contributed by atoms with Gasteiger partial charge < -0.3 is 20.2 Å². The lowest BCUT2D eigenvalue weighted by atomic mass is 10.2. The van der Waals surface area contributed by atoms with Crippen LogP contribution in [0.3, 0.4) is 0 Å². The minimum atomic E-state index is -1.28. The summed E-state index contributed by atoms with van der Waals surface area (Å²) in [7, 11) is 0. The minimum absolute atomic E-state index is 0.184. The molecule has 0 fully saturated rings. The van der Waals surface area contributed by atoms with Gasteiger partial charge >= 0.3 is 5.96 Å². The van der Waals surface area contributed by atoms with Crippen molar-refractivity contribution >= 4 is 11.6 Å². The van der Waals surface area contributed by atoms with E-state index in [0.717, 1.165) is 5.56 Å². The molecule has 0 radical (unpaired) electrons. The van der Waals surface area contributed by atoms with E-state index in [9.17, 15) is 20.2 Å². The monoisotopic (exact) mass is 209 g/mol. The van der Waals surface area contributed by atoms with Crippen molar-refractivity contribution in [3.05, 3.63) is 50.1 Å². The van der Waals surface area contributed by atoms with Crippen LogP contribution in [0, 0.1) is 27.2 Å². The summed E-state index contributed by atoms with van der Waals surface area (Å²) >= 11 is 0. The Kier molecular flexibility index (Phi) is 3.06. The van der Waals surface area contributed by atoms with Gasteiger partial charge in [0.25, 0.3) is 0 Å². The van der Waals surface area contributed by atoms with Crippen molar-refractivity contribution in [2.75, 3.05) is 0 Å². The molecule has 0 bridgehead atoms. The van der Waals surface area contributed by atoms with Crippen molar-refractivity contribution in [3.8, 4) is 0 Å². The van der Waals surface area contributed by atoms with E-state index in [1.807, 2.05) is 6.92 Å². The molecule has 0 spiro atoms. The Hall–Kier alpha value is -2.31. The molecule has 0 unspecified atom stereocenters. The molecule has 1 aromatic carbocycles. The number of aliphatic imine (C=N–C) groups is 1. The second-order valence-electron chi connectivity index (χ2n) is 2.76. The zero-order chi connectivity index (χ0) is 11.4. The molecule has 0 saturated carbocycles. The van der Waals surface area contributed by atoms with Crippen molar-refractivity contribution < 1.29 is 9.85 Å². The van der Waals surface area contributed by atoms with E-state index in [2.05, 4.69) is 4.99 Å². The molecular weight excluding hydrogens is 202 g/mol. The van der Waals surface area contributed by atoms with Gasteiger partial charge in [-0.3, -0.25) is 0 Å². The summed E-state index contributed by atoms with van der Waals surface area (Å²) in [5.74, 6) is -1.28. The first-order valence-electron chi connectivity index (χ1n) is 3.95. The first-order valence-corrected chi connectivity index (χ1v) is 3.95. The number of hydrogen-bond acceptors (Lipinski definition) is 5. The van der Waals surface area contributed by atoms with Crippen LogP contribution in [0.4, 0.5) is 5.69 Å². The van der Waals surface area contributed by atoms with Crippen molar-refractivity contribution in [2.45, 2.75) is 6.92 Å². The van der Waals surface area contributed by atoms with Gasteiger partial charge in [-0.2, -0.15) is 0 Å². The molecule has 0 amide bonds. The van der Waals surface area contributed by atoms with E-state index < -0.39 is 15.8 Å². The van der Waals surface area contributed by atoms with Crippen LogP contribution < -0.4 is 0 Å². The normalized spacial score (nSPS) is 9.40. The van der Waals surface area contributed by atoms with Crippen molar-refractivity contribution in [1.82, 2.24) is 0 Å². The average molecular weight is 209 g/mol. The number of hydrogen-bond donors (Lipinski definition) is 0. The second-order valence-corrected chi connectivity index (χ2v) is 2.76. The predicted molar refractivity (Wildman–Crippen MR) is 52.3 cm³/mol. The number of nitro groups is 2. The smallest absolute Gasteiger partial charge is 0.320 e. The van der Waals surface area contributed by atoms with Gasteiger partial charge in [-0.1, -0.05) is 17.7 Å². The highest BCUT2D eigenvalue weighted by Crippen LogP contribution is 2.12. The van der Waals surface area contributed by atoms with Crippen LogP contribution in [-0.2, 0) is 0 Å². The summed E-state index contributed by atoms with van der Waals surface area (Å²) in [6.45, 7) is 1.83. The maximum absolute atomic E-state index is 10.2. The van der Waals surface area contributed by atoms with Gasteiger partial charge in [-0.25, -0.2) is 0 Å². The van der Waals surface area contributed by atoms with Crippen molar-refractivity contribution in [1.29, 1.82) is 0 Å². The molecule has 1 aromatic rings. The topological polar surface area (TPSA) is 98.6 Å². The highest BCUT2D eigenvalue weighted by atomic mass is 16.7. The summed E-state index contributed by atoms with van der Waals surface area (Å²) in [4.78, 5) is 21.6. The molecule has 0 aliphatic carbocycles. The molecular formula is C8H7N3O4. The lowest BCUT2D eigenvalue weighted by Gasteiger charge is -1.89. The third-order valence-electron chi connectivity index (χ3n) is 1.59. The molecule has 0 N–H and O–H groups in total. The quantitative estimate of drug-likeness (QED) is 0.303. The van der Waals surface area contributed by atoms with Crippen LogP contribution in [-0.4, -0.2) is 15.8 Å². The number of nitrogens with zero attached hydrogens (tertiary/aromatic N) is 3. The summed E-state index contributed by atoms with van der Waals surface area (Å²) in [6, 6.07) is 6.28. The second kappa shape index (κ2) is 4.27. The fraction of sp³-hybridized carbons (Fsp3) is 0.125. The lowest BCUT2D eigenvalue weighted by Crippen LogP contribution is -2.21. The lowest BCUT2D eigenvalue weighted by molar-refractivity contribution is -0.502. The molecule has 7 nitrogen and oxygen atoms in total. The molecule has 0 aliphatic rings. The molecule has 0 aromatic heterocycles. The van der Waals surface area contributed by atoms with Crippen LogP contribution in [0.5, 0.6) is 0 Å². The number of benzene rings is 1. The van der Waals surface area contributed by atoms with Crippen molar-refractivity contribution in [3.63, 3.8) is 0 Å². The molecule has 0 aliphatic heterocycles. The number of rotatable bonds is 1. The van der Waals surface area contributed by atoms with E-state index in [-0.39, 0.29) is 5.69 Å². The van der Waals surface area contributed by atoms with Gasteiger partial charge in [0.15, 0.2) is 0 Å². The third-order valence-corrected chi connectivity index (χ3v) is 1.59. The highest BCUT2D eigenvalue weighted by Gasteiger charge is 2.27. The molecule has 0 saturated heterocycles. The molecule has 0 atom stereocenters. The minimum Gasteiger partial charge on any atom is -0.320 e. The van der Waals surface area contributed by atoms with Gasteiger partial charge in [0, 0.05) is 0 Å². The summed E-state index contributed by atoms with van der Waals surface area (Å²) < 4.78 is 0. The maximum Gasteiger partial charge on any atom is 0.675 e. The molecule has 0 heterocycles. The summed E-state index contributed by atoms with van der Waals surface area (Å²) in [6.07, 6.45) is 0. The summed E-state index contributed by atoms with van der Waals surface area (Å²) in [5, 5.41) is 20.5. The Labute approximate surface area is 84.4 Å². The van der Waals surface area contributed by atoms with Gasteiger partial charge in [0.05, 0.1) is 14.8 Å². The fourth-order valence-electron chi connectivity index (χ4n) is 0.883. The zero-order valence-corrected chi connectivity index (χ0v) is 7.78. The Morgan fingerprint density at radius 3 is 2.00 bits per heavy atom. The van der Waals surface area contributed by atoms with E-state index in [1.54, 1.807) is 12.1 Å². The predicted octanol–water partition coefficient (Wildman–Crippen LogP) is 1.54. The van der Waals surface area contributed by atoms with Gasteiger partial charge in [0.2, 0.25) is 5.69 Å². The van der Waals surface area contributed by atoms with E-state index in [4.69, 9.17) is 0 Å². The fourth-order valence-corrected chi connectivity index (χ4v) is 0.883. The number of guanidine groups is 1. The Balaban J connectivity index is 3.08. The number of aryl methyl sites for hydroxylation is 1. The molecule has 7 heteroatoms. The van der Waals surface area contributed by atoms with Crippen LogP contribution in [0.25, 0.3) is 0 Å². The van der Waals surface area contributed by atoms with Gasteiger partial charge in [-0.05, 0) is 19.1 Å². The maximum atomic E-state index is 10.2. The SMILES string of the molecule is Cc1ccc(N=C([N+](=O)[O-])[N+](=O)[O-])cc1. The zero-order valence-electron chi connectivity index (χ0n) is 7.78. The Morgan fingerprint density at radius 2 is 1.60 bits per heavy atom. The molecule has 1 rings (SSSR count). The van der Waals surface area contributed by atoms with Gasteiger partial charge in [0.1, 0.15) is 0 Å². The van der Waals surface area contributed by atoms with Crippen LogP contribution in [0.15, 0.2) is 29.3 Å². The molecule has 15 heavy (non-hydrogen) atoms. The van der Waals surface area contributed by atoms with Crippen LogP contribution in [0.2, 0.25) is 0 Å². The Morgan fingerprint density at radius 1 is 1.13 bits per heavy atom. The largest absolute Gasteiger partial charge is 0.675 e. The van der Waals surface area contributed by atoms with E-state index >= 15 is 0 Å². The first kappa shape index (κ1) is 10.8. The third kappa shape index (κ3) is 2.83. The van der Waals surface area contributed by atoms with Crippen molar-refractivity contribution in [2.24, 2.45) is 4.99 Å². The van der Waals surface area contributed by atoms with Crippen LogP contribution in [0.1, 0.15) is 5.56 Å². The average Bonchev–Trinajstić information content (AvgIpc) is 2.15. The van der Waals surface area contributed by atoms with Crippen LogP contribution >= 0.6 is 0 Å².